The number of hydrogen-bond donors (Lipinski definition) is 2. The second-order valence-electron chi connectivity index (χ2n) is 7.02. The largest absolute Gasteiger partial charge is 0.355 e. The number of likely N-dealkylation sites (N-methyl/N-ethyl adjacent to an activating group) is 1. The van der Waals surface area contributed by atoms with E-state index in [1.54, 1.807) is 20.2 Å². The van der Waals surface area contributed by atoms with Gasteiger partial charge in [0.05, 0.1) is 0 Å². The molecule has 1 aromatic rings. The summed E-state index contributed by atoms with van der Waals surface area (Å²) >= 11 is 6.23. The van der Waals surface area contributed by atoms with Gasteiger partial charge in [-0.25, -0.2) is 9.38 Å². The van der Waals surface area contributed by atoms with E-state index in [-0.39, 0.29) is 23.7 Å². The predicted octanol–water partition coefficient (Wildman–Crippen LogP) is 2.71. The monoisotopic (exact) mass is 380 g/mol. The van der Waals surface area contributed by atoms with Crippen LogP contribution in [0.5, 0.6) is 0 Å². The van der Waals surface area contributed by atoms with Gasteiger partial charge in [-0.05, 0) is 37.5 Å². The van der Waals surface area contributed by atoms with Crippen LogP contribution in [0.4, 0.5) is 4.39 Å². The number of halogens is 2. The van der Waals surface area contributed by atoms with Crippen LogP contribution < -0.4 is 10.6 Å². The van der Waals surface area contributed by atoms with Gasteiger partial charge in [-0.15, -0.1) is 0 Å². The minimum absolute atomic E-state index is 0.0584. The Balaban J connectivity index is 2.06. The molecule has 5 nitrogen and oxygen atoms in total. The molecule has 0 heterocycles. The number of benzene rings is 1. The minimum Gasteiger partial charge on any atom is -0.355 e. The third kappa shape index (κ3) is 5.46. The predicted molar refractivity (Wildman–Crippen MR) is 104 cm³/mol. The van der Waals surface area contributed by atoms with Gasteiger partial charge < -0.3 is 15.5 Å². The summed E-state index contributed by atoms with van der Waals surface area (Å²) in [5.74, 6) is 0.131. The normalized spacial score (nSPS) is 15.3. The summed E-state index contributed by atoms with van der Waals surface area (Å²) in [7, 11) is 3.39. The average Bonchev–Trinajstić information content (AvgIpc) is 3.34. The lowest BCUT2D eigenvalue weighted by Crippen LogP contribution is -2.42. The van der Waals surface area contributed by atoms with Crippen LogP contribution in [-0.2, 0) is 10.2 Å². The third-order valence-corrected chi connectivity index (χ3v) is 4.69. The standard InChI is InChI=1S/C19H26ClFN4O/c1-13(2)10-22-18(23-11-17(26)25(3)4)24-12-19(7-8-19)15-6-5-14(21)9-16(15)20/h5-6,9H,1,7-8,10-12H2,2-4H3,(H2,22,23,24). The van der Waals surface area contributed by atoms with Gasteiger partial charge in [-0.3, -0.25) is 4.79 Å². The van der Waals surface area contributed by atoms with Crippen molar-refractivity contribution in [2.75, 3.05) is 33.7 Å². The third-order valence-electron chi connectivity index (χ3n) is 4.38. The van der Waals surface area contributed by atoms with Crippen molar-refractivity contribution in [3.63, 3.8) is 0 Å². The van der Waals surface area contributed by atoms with Gasteiger partial charge in [0.1, 0.15) is 12.4 Å². The first-order chi connectivity index (χ1) is 12.2. The molecule has 0 radical (unpaired) electrons. The first-order valence-corrected chi connectivity index (χ1v) is 8.93. The molecule has 2 N–H and O–H groups in total. The second-order valence-corrected chi connectivity index (χ2v) is 7.43. The smallest absolute Gasteiger partial charge is 0.243 e. The zero-order chi connectivity index (χ0) is 19.3. The molecular formula is C19H26ClFN4O. The van der Waals surface area contributed by atoms with E-state index in [2.05, 4.69) is 22.2 Å². The Kier molecular flexibility index (Phi) is 6.64. The number of nitrogens with zero attached hydrogens (tertiary/aromatic N) is 2. The first kappa shape index (κ1) is 20.2. The highest BCUT2D eigenvalue weighted by Gasteiger charge is 2.45. The van der Waals surface area contributed by atoms with Gasteiger partial charge in [0.15, 0.2) is 5.96 Å². The summed E-state index contributed by atoms with van der Waals surface area (Å²) in [6.07, 6.45) is 1.94. The Morgan fingerprint density at radius 1 is 1.38 bits per heavy atom. The molecule has 1 amide bonds. The molecule has 0 aliphatic heterocycles. The van der Waals surface area contributed by atoms with E-state index >= 15 is 0 Å². The highest BCUT2D eigenvalue weighted by atomic mass is 35.5. The number of guanidine groups is 1. The fourth-order valence-electron chi connectivity index (χ4n) is 2.56. The summed E-state index contributed by atoms with van der Waals surface area (Å²) in [5, 5.41) is 6.90. The van der Waals surface area contributed by atoms with Crippen LogP contribution in [0.2, 0.25) is 5.02 Å². The van der Waals surface area contributed by atoms with E-state index in [9.17, 15) is 9.18 Å². The van der Waals surface area contributed by atoms with Crippen molar-refractivity contribution in [3.05, 3.63) is 46.8 Å². The molecule has 1 aromatic carbocycles. The Hall–Kier alpha value is -2.08. The van der Waals surface area contributed by atoms with Crippen molar-refractivity contribution in [3.8, 4) is 0 Å². The first-order valence-electron chi connectivity index (χ1n) is 8.56. The second kappa shape index (κ2) is 8.54. The molecule has 0 saturated heterocycles. The summed E-state index contributed by atoms with van der Waals surface area (Å²) in [6, 6.07) is 4.53. The van der Waals surface area contributed by atoms with Crippen LogP contribution in [0.3, 0.4) is 0 Å². The molecule has 1 aliphatic carbocycles. The Labute approximate surface area is 159 Å². The molecule has 26 heavy (non-hydrogen) atoms. The van der Waals surface area contributed by atoms with Crippen LogP contribution in [0.25, 0.3) is 0 Å². The van der Waals surface area contributed by atoms with Crippen molar-refractivity contribution < 1.29 is 9.18 Å². The van der Waals surface area contributed by atoms with E-state index in [0.29, 0.717) is 24.1 Å². The van der Waals surface area contributed by atoms with Gasteiger partial charge in [-0.1, -0.05) is 29.8 Å². The molecule has 0 bridgehead atoms. The van der Waals surface area contributed by atoms with E-state index in [1.807, 2.05) is 6.92 Å². The Morgan fingerprint density at radius 2 is 2.08 bits per heavy atom. The maximum atomic E-state index is 13.3. The molecule has 0 atom stereocenters. The highest BCUT2D eigenvalue weighted by molar-refractivity contribution is 6.31. The fraction of sp³-hybridized carbons (Fsp3) is 0.474. The number of carbonyl (C=O) groups excluding carboxylic acids is 1. The van der Waals surface area contributed by atoms with E-state index in [1.165, 1.54) is 17.0 Å². The summed E-state index contributed by atoms with van der Waals surface area (Å²) in [5.41, 5.74) is 1.78. The van der Waals surface area contributed by atoms with Crippen LogP contribution in [0.15, 0.2) is 35.3 Å². The van der Waals surface area contributed by atoms with Crippen LogP contribution in [0, 0.1) is 5.82 Å². The highest BCUT2D eigenvalue weighted by Crippen LogP contribution is 2.50. The molecule has 142 valence electrons. The van der Waals surface area contributed by atoms with Crippen molar-refractivity contribution in [1.29, 1.82) is 0 Å². The average molecular weight is 381 g/mol. The lowest BCUT2D eigenvalue weighted by Gasteiger charge is -2.20. The van der Waals surface area contributed by atoms with Gasteiger partial charge in [0, 0.05) is 37.6 Å². The topological polar surface area (TPSA) is 56.7 Å². The number of carbonyl (C=O) groups is 1. The van der Waals surface area contributed by atoms with Gasteiger partial charge >= 0.3 is 0 Å². The molecule has 0 spiro atoms. The van der Waals surface area contributed by atoms with Crippen LogP contribution in [-0.4, -0.2) is 50.5 Å². The van der Waals surface area contributed by atoms with Gasteiger partial charge in [-0.2, -0.15) is 0 Å². The van der Waals surface area contributed by atoms with Crippen molar-refractivity contribution in [2.24, 2.45) is 4.99 Å². The van der Waals surface area contributed by atoms with Crippen LogP contribution in [0.1, 0.15) is 25.3 Å². The van der Waals surface area contributed by atoms with Gasteiger partial charge in [0.2, 0.25) is 5.91 Å². The van der Waals surface area contributed by atoms with E-state index in [0.717, 1.165) is 24.0 Å². The molecule has 0 unspecified atom stereocenters. The Morgan fingerprint density at radius 3 is 2.62 bits per heavy atom. The van der Waals surface area contributed by atoms with Gasteiger partial charge in [0.25, 0.3) is 0 Å². The maximum Gasteiger partial charge on any atom is 0.243 e. The summed E-state index contributed by atoms with van der Waals surface area (Å²) in [4.78, 5) is 17.6. The zero-order valence-electron chi connectivity index (χ0n) is 15.5. The number of rotatable bonds is 7. The SMILES string of the molecule is C=C(C)CNC(=NCC(=O)N(C)C)NCC1(c2ccc(F)cc2Cl)CC1. The van der Waals surface area contributed by atoms with E-state index in [4.69, 9.17) is 11.6 Å². The molecule has 0 aromatic heterocycles. The number of aliphatic imine (C=N–C) groups is 1. The molecule has 1 saturated carbocycles. The molecule has 7 heteroatoms. The quantitative estimate of drug-likeness (QED) is 0.434. The lowest BCUT2D eigenvalue weighted by molar-refractivity contribution is -0.127. The number of nitrogens with one attached hydrogen (secondary N) is 2. The molecule has 2 rings (SSSR count). The van der Waals surface area contributed by atoms with Crippen LogP contribution >= 0.6 is 11.6 Å². The Bertz CT molecular complexity index is 713. The zero-order valence-corrected chi connectivity index (χ0v) is 16.3. The minimum atomic E-state index is -0.338. The maximum absolute atomic E-state index is 13.3. The summed E-state index contributed by atoms with van der Waals surface area (Å²) < 4.78 is 13.3. The molecule has 1 aliphatic rings. The lowest BCUT2D eigenvalue weighted by atomic mass is 9.96. The number of amides is 1. The number of hydrogen-bond acceptors (Lipinski definition) is 2. The van der Waals surface area contributed by atoms with E-state index < -0.39 is 0 Å². The summed E-state index contributed by atoms with van der Waals surface area (Å²) in [6.45, 7) is 7.01. The molecule has 1 fully saturated rings. The fourth-order valence-corrected chi connectivity index (χ4v) is 2.93. The van der Waals surface area contributed by atoms with Crippen molar-refractivity contribution >= 4 is 23.5 Å². The van der Waals surface area contributed by atoms with Crippen molar-refractivity contribution in [2.45, 2.75) is 25.2 Å². The molecular weight excluding hydrogens is 355 g/mol. The van der Waals surface area contributed by atoms with Crippen molar-refractivity contribution in [1.82, 2.24) is 15.5 Å².